The van der Waals surface area contributed by atoms with Gasteiger partial charge in [0.2, 0.25) is 15.9 Å². The Morgan fingerprint density at radius 3 is 2.24 bits per heavy atom. The molecular weight excluding hydrogens is 402 g/mol. The maximum atomic E-state index is 12.2. The molecule has 2 aromatic carbocycles. The lowest BCUT2D eigenvalue weighted by Gasteiger charge is -2.08. The first-order valence-corrected chi connectivity index (χ1v) is 10.0. The van der Waals surface area contributed by atoms with Gasteiger partial charge in [0.25, 0.3) is 5.69 Å². The van der Waals surface area contributed by atoms with Crippen LogP contribution in [0.5, 0.6) is 0 Å². The Morgan fingerprint density at radius 2 is 1.69 bits per heavy atom. The fourth-order valence-corrected chi connectivity index (χ4v) is 3.29. The van der Waals surface area contributed by atoms with Gasteiger partial charge in [0, 0.05) is 30.8 Å². The van der Waals surface area contributed by atoms with Gasteiger partial charge in [0.1, 0.15) is 0 Å². The molecule has 0 radical (unpaired) electrons. The van der Waals surface area contributed by atoms with E-state index in [0.29, 0.717) is 11.3 Å². The second-order valence-corrected chi connectivity index (χ2v) is 7.51. The van der Waals surface area contributed by atoms with Crippen LogP contribution in [0.25, 0.3) is 0 Å². The SMILES string of the molecule is CCOC(=O)c1ccc(NC(=O)CCNS(=O)(=O)c2ccc([N+](=O)[O-])cc2)cc1. The lowest BCUT2D eigenvalue weighted by molar-refractivity contribution is -0.384. The summed E-state index contributed by atoms with van der Waals surface area (Å²) in [6.45, 7) is 1.79. The van der Waals surface area contributed by atoms with Crippen molar-refractivity contribution in [1.29, 1.82) is 0 Å². The number of nitro benzene ring substituents is 1. The Labute approximate surface area is 167 Å². The minimum atomic E-state index is -3.90. The summed E-state index contributed by atoms with van der Waals surface area (Å²) < 4.78 is 31.4. The number of non-ortho nitro benzene ring substituents is 1. The van der Waals surface area contributed by atoms with E-state index in [0.717, 1.165) is 24.3 Å². The van der Waals surface area contributed by atoms with E-state index in [1.807, 2.05) is 0 Å². The minimum Gasteiger partial charge on any atom is -0.462 e. The molecule has 0 aliphatic carbocycles. The second-order valence-electron chi connectivity index (χ2n) is 5.74. The molecule has 29 heavy (non-hydrogen) atoms. The first kappa shape index (κ1) is 22.0. The summed E-state index contributed by atoms with van der Waals surface area (Å²) in [5, 5.41) is 13.2. The zero-order valence-corrected chi connectivity index (χ0v) is 16.3. The van der Waals surface area contributed by atoms with Crippen LogP contribution in [-0.4, -0.2) is 38.4 Å². The largest absolute Gasteiger partial charge is 0.462 e. The third-order valence-electron chi connectivity index (χ3n) is 3.68. The molecule has 11 heteroatoms. The molecule has 2 rings (SSSR count). The molecular formula is C18H19N3O7S. The molecule has 10 nitrogen and oxygen atoms in total. The predicted octanol–water partition coefficient (Wildman–Crippen LogP) is 2.08. The topological polar surface area (TPSA) is 145 Å². The number of sulfonamides is 1. The highest BCUT2D eigenvalue weighted by molar-refractivity contribution is 7.89. The van der Waals surface area contributed by atoms with E-state index in [2.05, 4.69) is 10.0 Å². The van der Waals surface area contributed by atoms with Gasteiger partial charge in [-0.1, -0.05) is 0 Å². The molecule has 0 aromatic heterocycles. The molecule has 0 saturated heterocycles. The molecule has 0 fully saturated rings. The molecule has 0 aliphatic heterocycles. The van der Waals surface area contributed by atoms with Gasteiger partial charge in [-0.2, -0.15) is 0 Å². The minimum absolute atomic E-state index is 0.133. The van der Waals surface area contributed by atoms with E-state index >= 15 is 0 Å². The summed E-state index contributed by atoms with van der Waals surface area (Å²) >= 11 is 0. The summed E-state index contributed by atoms with van der Waals surface area (Å²) in [7, 11) is -3.90. The summed E-state index contributed by atoms with van der Waals surface area (Å²) in [4.78, 5) is 33.4. The number of nitrogens with one attached hydrogen (secondary N) is 2. The molecule has 154 valence electrons. The highest BCUT2D eigenvalue weighted by Gasteiger charge is 2.16. The zero-order valence-electron chi connectivity index (χ0n) is 15.5. The maximum absolute atomic E-state index is 12.2. The monoisotopic (exact) mass is 421 g/mol. The fourth-order valence-electron chi connectivity index (χ4n) is 2.26. The van der Waals surface area contributed by atoms with Crippen LogP contribution in [0.3, 0.4) is 0 Å². The fraction of sp³-hybridized carbons (Fsp3) is 0.222. The average Bonchev–Trinajstić information content (AvgIpc) is 2.68. The Morgan fingerprint density at radius 1 is 1.07 bits per heavy atom. The number of anilines is 1. The molecule has 0 unspecified atom stereocenters. The van der Waals surface area contributed by atoms with E-state index in [9.17, 15) is 28.1 Å². The number of hydrogen-bond acceptors (Lipinski definition) is 7. The number of hydrogen-bond donors (Lipinski definition) is 2. The molecule has 0 atom stereocenters. The number of benzene rings is 2. The van der Waals surface area contributed by atoms with Crippen molar-refractivity contribution in [2.24, 2.45) is 0 Å². The van der Waals surface area contributed by atoms with Crippen molar-refractivity contribution >= 4 is 33.3 Å². The third-order valence-corrected chi connectivity index (χ3v) is 5.16. The number of rotatable bonds is 9. The van der Waals surface area contributed by atoms with Crippen molar-refractivity contribution in [2.45, 2.75) is 18.2 Å². The summed E-state index contributed by atoms with van der Waals surface area (Å²) in [5.74, 6) is -0.897. The summed E-state index contributed by atoms with van der Waals surface area (Å²) in [5.41, 5.74) is 0.569. The van der Waals surface area contributed by atoms with Crippen molar-refractivity contribution in [3.63, 3.8) is 0 Å². The van der Waals surface area contributed by atoms with E-state index < -0.39 is 26.8 Å². The molecule has 0 aliphatic rings. The number of carbonyl (C=O) groups excluding carboxylic acids is 2. The van der Waals surface area contributed by atoms with Crippen molar-refractivity contribution in [1.82, 2.24) is 4.72 Å². The van der Waals surface area contributed by atoms with E-state index in [4.69, 9.17) is 4.74 Å². The first-order valence-electron chi connectivity index (χ1n) is 8.54. The van der Waals surface area contributed by atoms with E-state index in [1.165, 1.54) is 24.3 Å². The van der Waals surface area contributed by atoms with Gasteiger partial charge < -0.3 is 10.1 Å². The lowest BCUT2D eigenvalue weighted by Crippen LogP contribution is -2.27. The van der Waals surface area contributed by atoms with Gasteiger partial charge in [-0.15, -0.1) is 0 Å². The van der Waals surface area contributed by atoms with Crippen LogP contribution < -0.4 is 10.0 Å². The van der Waals surface area contributed by atoms with Gasteiger partial charge in [0.05, 0.1) is 22.0 Å². The van der Waals surface area contributed by atoms with Crippen LogP contribution in [0.2, 0.25) is 0 Å². The number of ether oxygens (including phenoxy) is 1. The van der Waals surface area contributed by atoms with Gasteiger partial charge in [-0.25, -0.2) is 17.9 Å². The smallest absolute Gasteiger partial charge is 0.338 e. The van der Waals surface area contributed by atoms with Crippen LogP contribution in [0, 0.1) is 10.1 Å². The van der Waals surface area contributed by atoms with Crippen molar-refractivity contribution < 1.29 is 27.7 Å². The molecule has 0 spiro atoms. The summed E-state index contributed by atoms with van der Waals surface area (Å²) in [6.07, 6.45) is -0.133. The molecule has 0 saturated carbocycles. The maximum Gasteiger partial charge on any atom is 0.338 e. The van der Waals surface area contributed by atoms with Crippen LogP contribution in [-0.2, 0) is 19.6 Å². The zero-order chi connectivity index (χ0) is 21.4. The highest BCUT2D eigenvalue weighted by Crippen LogP contribution is 2.15. The van der Waals surface area contributed by atoms with Gasteiger partial charge in [-0.05, 0) is 43.3 Å². The van der Waals surface area contributed by atoms with Crippen molar-refractivity contribution in [2.75, 3.05) is 18.5 Å². The van der Waals surface area contributed by atoms with Gasteiger partial charge in [-0.3, -0.25) is 14.9 Å². The van der Waals surface area contributed by atoms with Gasteiger partial charge in [0.15, 0.2) is 0 Å². The van der Waals surface area contributed by atoms with Gasteiger partial charge >= 0.3 is 5.97 Å². The first-order chi connectivity index (χ1) is 13.7. The van der Waals surface area contributed by atoms with Crippen LogP contribution in [0.15, 0.2) is 53.4 Å². The normalized spacial score (nSPS) is 10.9. The molecule has 0 heterocycles. The lowest BCUT2D eigenvalue weighted by atomic mass is 10.2. The summed E-state index contributed by atoms with van der Waals surface area (Å²) in [6, 6.07) is 10.5. The number of amides is 1. The molecule has 2 N–H and O–H groups in total. The van der Waals surface area contributed by atoms with Crippen LogP contribution in [0.4, 0.5) is 11.4 Å². The Kier molecular flexibility index (Phi) is 7.39. The Hall–Kier alpha value is -3.31. The average molecular weight is 421 g/mol. The van der Waals surface area contributed by atoms with E-state index in [-0.39, 0.29) is 30.2 Å². The molecule has 0 bridgehead atoms. The van der Waals surface area contributed by atoms with Crippen LogP contribution in [0.1, 0.15) is 23.7 Å². The quantitative estimate of drug-likeness (QED) is 0.358. The number of esters is 1. The number of nitrogens with zero attached hydrogens (tertiary/aromatic N) is 1. The number of nitro groups is 1. The van der Waals surface area contributed by atoms with Crippen molar-refractivity contribution in [3.8, 4) is 0 Å². The standard InChI is InChI=1S/C18H19N3O7S/c1-2-28-18(23)13-3-5-14(6-4-13)20-17(22)11-12-19-29(26,27)16-9-7-15(8-10-16)21(24)25/h3-10,19H,2,11-12H2,1H3,(H,20,22). The number of carbonyl (C=O) groups is 2. The molecule has 2 aromatic rings. The second kappa shape index (κ2) is 9.75. The Balaban J connectivity index is 1.85. The highest BCUT2D eigenvalue weighted by atomic mass is 32.2. The van der Waals surface area contributed by atoms with E-state index in [1.54, 1.807) is 6.92 Å². The molecule has 1 amide bonds. The predicted molar refractivity (Wildman–Crippen MR) is 104 cm³/mol. The Bertz CT molecular complexity index is 987. The van der Waals surface area contributed by atoms with Crippen molar-refractivity contribution in [3.05, 3.63) is 64.2 Å². The van der Waals surface area contributed by atoms with Crippen LogP contribution >= 0.6 is 0 Å². The third kappa shape index (κ3) is 6.36.